The Kier molecular flexibility index (Phi) is 7.04. The lowest BCUT2D eigenvalue weighted by atomic mass is 9.78. The van der Waals surface area contributed by atoms with Crippen molar-refractivity contribution in [2.24, 2.45) is 5.92 Å². The first-order valence-electron chi connectivity index (χ1n) is 9.70. The number of carbonyl (C=O) groups is 2. The molecule has 2 bridgehead atoms. The van der Waals surface area contributed by atoms with Gasteiger partial charge in [-0.05, 0) is 52.9 Å². The first-order chi connectivity index (χ1) is 12.6. The normalized spacial score (nSPS) is 37.1. The van der Waals surface area contributed by atoms with Gasteiger partial charge in [-0.25, -0.2) is 4.79 Å². The van der Waals surface area contributed by atoms with Gasteiger partial charge in [0.05, 0.1) is 5.60 Å². The summed E-state index contributed by atoms with van der Waals surface area (Å²) in [5.41, 5.74) is 1.54. The topological polar surface area (TPSA) is 72.8 Å². The van der Waals surface area contributed by atoms with Crippen molar-refractivity contribution in [3.63, 3.8) is 0 Å². The van der Waals surface area contributed by atoms with E-state index in [4.69, 9.17) is 9.47 Å². The van der Waals surface area contributed by atoms with Crippen molar-refractivity contribution in [3.8, 4) is 0 Å². The summed E-state index contributed by atoms with van der Waals surface area (Å²) in [6.45, 7) is 11.1. The van der Waals surface area contributed by atoms with Crippen molar-refractivity contribution in [2.45, 2.75) is 84.0 Å². The molecule has 0 saturated carbocycles. The Hall–Kier alpha value is -1.88. The van der Waals surface area contributed by atoms with E-state index in [1.165, 1.54) is 12.5 Å². The Morgan fingerprint density at radius 1 is 1.30 bits per heavy atom. The molecule has 0 spiro atoms. The maximum atomic E-state index is 12.4. The average molecular weight is 376 g/mol. The molecule has 5 nitrogen and oxygen atoms in total. The van der Waals surface area contributed by atoms with E-state index in [2.05, 4.69) is 25.7 Å². The molecule has 0 radical (unpaired) electrons. The van der Waals surface area contributed by atoms with Crippen LogP contribution in [0, 0.1) is 5.92 Å². The van der Waals surface area contributed by atoms with Crippen LogP contribution in [0.15, 0.2) is 35.5 Å². The Morgan fingerprint density at radius 2 is 1.96 bits per heavy atom. The van der Waals surface area contributed by atoms with Gasteiger partial charge in [-0.3, -0.25) is 4.79 Å². The lowest BCUT2D eigenvalue weighted by Gasteiger charge is -2.40. The van der Waals surface area contributed by atoms with E-state index in [1.54, 1.807) is 6.92 Å². The van der Waals surface area contributed by atoms with Gasteiger partial charge < -0.3 is 14.6 Å². The third-order valence-corrected chi connectivity index (χ3v) is 5.58. The van der Waals surface area contributed by atoms with Crippen molar-refractivity contribution < 1.29 is 24.2 Å². The summed E-state index contributed by atoms with van der Waals surface area (Å²) in [6, 6.07) is 0. The molecule has 0 aromatic rings. The monoisotopic (exact) mass is 376 g/mol. The van der Waals surface area contributed by atoms with Crippen molar-refractivity contribution in [1.29, 1.82) is 0 Å². The van der Waals surface area contributed by atoms with Gasteiger partial charge in [0.25, 0.3) is 0 Å². The lowest BCUT2D eigenvalue weighted by Crippen LogP contribution is -2.49. The minimum Gasteiger partial charge on any atom is -0.462 e. The molecule has 2 aliphatic rings. The SMILES string of the molecule is C=C1C(=O)O[C@H]2C[C@@H]1C(OC(C)=O)C/C(C)=C/CC/C(C)=C/CC[C@@]2(C)O. The minimum atomic E-state index is -1.15. The number of allylic oxidation sites excluding steroid dienone is 3. The molecule has 1 unspecified atom stereocenters. The predicted octanol–water partition coefficient (Wildman–Crippen LogP) is 4.01. The Balaban J connectivity index is 2.38. The fourth-order valence-corrected chi connectivity index (χ4v) is 3.83. The van der Waals surface area contributed by atoms with Crippen LogP contribution >= 0.6 is 0 Å². The van der Waals surface area contributed by atoms with Crippen LogP contribution in [0.2, 0.25) is 0 Å². The number of fused-ring (bicyclic) bond motifs is 2. The van der Waals surface area contributed by atoms with Crippen LogP contribution in [-0.4, -0.2) is 34.9 Å². The van der Waals surface area contributed by atoms with Gasteiger partial charge in [-0.15, -0.1) is 0 Å². The predicted molar refractivity (Wildman–Crippen MR) is 104 cm³/mol. The fourth-order valence-electron chi connectivity index (χ4n) is 3.83. The summed E-state index contributed by atoms with van der Waals surface area (Å²) in [7, 11) is 0. The maximum absolute atomic E-state index is 12.4. The van der Waals surface area contributed by atoms with Crippen LogP contribution in [0.25, 0.3) is 0 Å². The number of hydrogen-bond acceptors (Lipinski definition) is 5. The quantitative estimate of drug-likeness (QED) is 0.425. The van der Waals surface area contributed by atoms with Crippen molar-refractivity contribution in [1.82, 2.24) is 0 Å². The number of aliphatic hydroxyl groups is 1. The molecular formula is C22H32O5. The molecule has 0 amide bonds. The second-order valence-corrected chi connectivity index (χ2v) is 8.15. The van der Waals surface area contributed by atoms with Gasteiger partial charge in [-0.2, -0.15) is 0 Å². The molecule has 1 fully saturated rings. The standard InChI is InChI=1S/C22H32O5/c1-14-8-6-9-15(2)12-19(26-17(4)23)18-13-20(27-21(24)16(18)3)22(5,25)11-7-10-14/h9-10,18-20,25H,3,6-8,11-13H2,1-2,4-5H3/b14-10+,15-9+/t18-,19?,20-,22+/m0/s1. The Morgan fingerprint density at radius 3 is 2.63 bits per heavy atom. The van der Waals surface area contributed by atoms with E-state index in [1.807, 2.05) is 6.92 Å². The zero-order chi connectivity index (χ0) is 20.2. The summed E-state index contributed by atoms with van der Waals surface area (Å²) in [5, 5.41) is 11.0. The van der Waals surface area contributed by atoms with Gasteiger partial charge in [0.2, 0.25) is 0 Å². The summed E-state index contributed by atoms with van der Waals surface area (Å²) < 4.78 is 11.1. The molecule has 0 aromatic carbocycles. The highest BCUT2D eigenvalue weighted by Crippen LogP contribution is 2.37. The Bertz CT molecular complexity index is 656. The first-order valence-corrected chi connectivity index (χ1v) is 9.70. The van der Waals surface area contributed by atoms with Crippen LogP contribution in [0.4, 0.5) is 0 Å². The molecule has 4 atom stereocenters. The molecule has 5 heteroatoms. The molecule has 0 aromatic heterocycles. The van der Waals surface area contributed by atoms with E-state index in [9.17, 15) is 14.7 Å². The van der Waals surface area contributed by atoms with Gasteiger partial charge in [0, 0.05) is 24.8 Å². The highest BCUT2D eigenvalue weighted by atomic mass is 16.6. The van der Waals surface area contributed by atoms with Gasteiger partial charge in [0.1, 0.15) is 12.2 Å². The largest absolute Gasteiger partial charge is 0.462 e. The molecular weight excluding hydrogens is 344 g/mol. The zero-order valence-corrected chi connectivity index (χ0v) is 16.9. The van der Waals surface area contributed by atoms with Crippen molar-refractivity contribution in [3.05, 3.63) is 35.5 Å². The lowest BCUT2D eigenvalue weighted by molar-refractivity contribution is -0.174. The number of ether oxygens (including phenoxy) is 2. The second kappa shape index (κ2) is 8.87. The van der Waals surface area contributed by atoms with E-state index < -0.39 is 23.8 Å². The van der Waals surface area contributed by atoms with Gasteiger partial charge >= 0.3 is 11.9 Å². The molecule has 150 valence electrons. The van der Waals surface area contributed by atoms with E-state index >= 15 is 0 Å². The van der Waals surface area contributed by atoms with Crippen molar-refractivity contribution >= 4 is 11.9 Å². The Labute approximate surface area is 162 Å². The van der Waals surface area contributed by atoms with E-state index in [-0.39, 0.29) is 11.9 Å². The second-order valence-electron chi connectivity index (χ2n) is 8.15. The van der Waals surface area contributed by atoms with Gasteiger partial charge in [-0.1, -0.05) is 29.9 Å². The summed E-state index contributed by atoms with van der Waals surface area (Å²) in [6.07, 6.45) is 7.17. The summed E-state index contributed by atoms with van der Waals surface area (Å²) in [5.74, 6) is -1.27. The molecule has 1 N–H and O–H groups in total. The third-order valence-electron chi connectivity index (χ3n) is 5.58. The number of esters is 2. The number of rotatable bonds is 1. The highest BCUT2D eigenvalue weighted by Gasteiger charge is 2.45. The minimum absolute atomic E-state index is 0.309. The van der Waals surface area contributed by atoms with Crippen molar-refractivity contribution in [2.75, 3.05) is 0 Å². The van der Waals surface area contributed by atoms with Crippen LogP contribution in [-0.2, 0) is 19.1 Å². The van der Waals surface area contributed by atoms with Gasteiger partial charge in [0.15, 0.2) is 0 Å². The zero-order valence-electron chi connectivity index (χ0n) is 16.9. The summed E-state index contributed by atoms with van der Waals surface area (Å²) >= 11 is 0. The molecule has 2 rings (SSSR count). The molecule has 1 aliphatic carbocycles. The number of carbonyl (C=O) groups excluding carboxylic acids is 2. The van der Waals surface area contributed by atoms with E-state index in [0.717, 1.165) is 18.4 Å². The maximum Gasteiger partial charge on any atom is 0.334 e. The third kappa shape index (κ3) is 5.80. The van der Waals surface area contributed by atoms with Crippen LogP contribution in [0.5, 0.6) is 0 Å². The highest BCUT2D eigenvalue weighted by molar-refractivity contribution is 5.89. The first kappa shape index (κ1) is 21.4. The summed E-state index contributed by atoms with van der Waals surface area (Å²) in [4.78, 5) is 24.1. The number of hydrogen-bond donors (Lipinski definition) is 1. The van der Waals surface area contributed by atoms with Crippen LogP contribution in [0.1, 0.15) is 66.2 Å². The van der Waals surface area contributed by atoms with E-state index in [0.29, 0.717) is 31.3 Å². The fraction of sp³-hybridized carbons (Fsp3) is 0.636. The molecule has 1 saturated heterocycles. The smallest absolute Gasteiger partial charge is 0.334 e. The average Bonchev–Trinajstić information content (AvgIpc) is 2.55. The molecule has 27 heavy (non-hydrogen) atoms. The van der Waals surface area contributed by atoms with Crippen LogP contribution < -0.4 is 0 Å². The molecule has 1 heterocycles. The van der Waals surface area contributed by atoms with Crippen LogP contribution in [0.3, 0.4) is 0 Å². The molecule has 1 aliphatic heterocycles.